The van der Waals surface area contributed by atoms with Gasteiger partial charge in [0.1, 0.15) is 0 Å². The lowest BCUT2D eigenvalue weighted by atomic mass is 9.88. The summed E-state index contributed by atoms with van der Waals surface area (Å²) in [5.74, 6) is 0.436. The van der Waals surface area contributed by atoms with E-state index in [0.29, 0.717) is 11.6 Å². The molecule has 5 heteroatoms. The van der Waals surface area contributed by atoms with Crippen LogP contribution in [0.15, 0.2) is 18.5 Å². The summed E-state index contributed by atoms with van der Waals surface area (Å²) in [4.78, 5) is 4.07. The number of hydrogen-bond acceptors (Lipinski definition) is 4. The molecule has 2 rings (SSSR count). The molecular weight excluding hydrogens is 304 g/mol. The summed E-state index contributed by atoms with van der Waals surface area (Å²) in [5.41, 5.74) is 7.82. The molecule has 0 spiro atoms. The van der Waals surface area contributed by atoms with Crippen molar-refractivity contribution in [1.82, 2.24) is 4.98 Å². The van der Waals surface area contributed by atoms with E-state index in [9.17, 15) is 0 Å². The highest BCUT2D eigenvalue weighted by Crippen LogP contribution is 2.43. The molecule has 4 nitrogen and oxygen atoms in total. The van der Waals surface area contributed by atoms with Crippen molar-refractivity contribution in [3.05, 3.63) is 24.0 Å². The molecule has 0 radical (unpaired) electrons. The van der Waals surface area contributed by atoms with Crippen LogP contribution in [-0.4, -0.2) is 25.5 Å². The summed E-state index contributed by atoms with van der Waals surface area (Å²) >= 11 is 0. The van der Waals surface area contributed by atoms with Crippen LogP contribution in [-0.2, 0) is 9.16 Å². The second-order valence-electron chi connectivity index (χ2n) is 8.39. The number of pyridine rings is 1. The molecule has 130 valence electrons. The molecule has 1 aliphatic heterocycles. The van der Waals surface area contributed by atoms with Gasteiger partial charge in [0.2, 0.25) is 0 Å². The number of nitrogens with zero attached hydrogens (tertiary/aromatic N) is 1. The first kappa shape index (κ1) is 18.4. The third-order valence-corrected chi connectivity index (χ3v) is 9.93. The van der Waals surface area contributed by atoms with Gasteiger partial charge in [-0.3, -0.25) is 4.98 Å². The third kappa shape index (κ3) is 3.95. The number of rotatable bonds is 3. The number of ether oxygens (including phenoxy) is 1. The van der Waals surface area contributed by atoms with Gasteiger partial charge in [0, 0.05) is 11.8 Å². The topological polar surface area (TPSA) is 57.4 Å². The Kier molecular flexibility index (Phi) is 5.23. The van der Waals surface area contributed by atoms with Crippen LogP contribution in [0.4, 0.5) is 5.69 Å². The largest absolute Gasteiger partial charge is 0.411 e. The molecule has 1 fully saturated rings. The van der Waals surface area contributed by atoms with Crippen LogP contribution in [0.5, 0.6) is 0 Å². The zero-order valence-electron chi connectivity index (χ0n) is 15.6. The van der Waals surface area contributed by atoms with Crippen molar-refractivity contribution in [1.29, 1.82) is 0 Å². The molecule has 1 saturated heterocycles. The molecule has 2 heterocycles. The highest BCUT2D eigenvalue weighted by atomic mass is 28.4. The predicted molar refractivity (Wildman–Crippen MR) is 97.8 cm³/mol. The first-order chi connectivity index (χ1) is 10.5. The maximum absolute atomic E-state index is 6.65. The zero-order chi connectivity index (χ0) is 17.4. The summed E-state index contributed by atoms with van der Waals surface area (Å²) in [5, 5.41) is 0.207. The molecule has 0 aromatic carbocycles. The molecule has 0 saturated carbocycles. The smallest absolute Gasteiger partial charge is 0.192 e. The Labute approximate surface area is 141 Å². The van der Waals surface area contributed by atoms with Crippen LogP contribution in [0, 0.1) is 5.92 Å². The fraction of sp³-hybridized carbons (Fsp3) is 0.722. The highest BCUT2D eigenvalue weighted by Gasteiger charge is 2.44. The van der Waals surface area contributed by atoms with Crippen molar-refractivity contribution < 1.29 is 9.16 Å². The molecule has 0 amide bonds. The van der Waals surface area contributed by atoms with E-state index in [-0.39, 0.29) is 23.4 Å². The molecule has 0 bridgehead atoms. The molecule has 1 aromatic rings. The monoisotopic (exact) mass is 336 g/mol. The number of hydrogen-bond donors (Lipinski definition) is 1. The normalized spacial score (nSPS) is 29.5. The second kappa shape index (κ2) is 6.53. The van der Waals surface area contributed by atoms with Crippen molar-refractivity contribution >= 4 is 14.0 Å². The standard InChI is InChI=1S/C18H32N2O2Si/c1-12-10-16(14-8-9-20-11-15(14)19)21-13(2)17(12)22-23(6,7)18(3,4)5/h8-9,11-13,16-17H,10,19H2,1-7H3/t12-,13-,16-,17+/m1/s1. The molecule has 23 heavy (non-hydrogen) atoms. The number of nitrogens with two attached hydrogens (primary N) is 1. The van der Waals surface area contributed by atoms with E-state index in [1.165, 1.54) is 0 Å². The van der Waals surface area contributed by atoms with Crippen LogP contribution < -0.4 is 5.73 Å². The van der Waals surface area contributed by atoms with Gasteiger partial charge in [-0.25, -0.2) is 0 Å². The lowest BCUT2D eigenvalue weighted by Gasteiger charge is -2.46. The van der Waals surface area contributed by atoms with Gasteiger partial charge < -0.3 is 14.9 Å². The zero-order valence-corrected chi connectivity index (χ0v) is 16.6. The Morgan fingerprint density at radius 3 is 2.48 bits per heavy atom. The van der Waals surface area contributed by atoms with Gasteiger partial charge in [0.15, 0.2) is 8.32 Å². The van der Waals surface area contributed by atoms with Crippen molar-refractivity contribution in [2.24, 2.45) is 5.92 Å². The van der Waals surface area contributed by atoms with Gasteiger partial charge in [-0.2, -0.15) is 0 Å². The Balaban J connectivity index is 2.13. The summed E-state index contributed by atoms with van der Waals surface area (Å²) in [6.07, 6.45) is 4.65. The van der Waals surface area contributed by atoms with Gasteiger partial charge >= 0.3 is 0 Å². The quantitative estimate of drug-likeness (QED) is 0.823. The lowest BCUT2D eigenvalue weighted by Crippen LogP contribution is -2.51. The van der Waals surface area contributed by atoms with E-state index in [2.05, 4.69) is 52.7 Å². The average molecular weight is 337 g/mol. The summed E-state index contributed by atoms with van der Waals surface area (Å²) in [6.45, 7) is 15.8. The van der Waals surface area contributed by atoms with Gasteiger partial charge in [0.25, 0.3) is 0 Å². The molecular formula is C18H32N2O2Si. The van der Waals surface area contributed by atoms with Gasteiger partial charge in [-0.15, -0.1) is 0 Å². The number of aromatic nitrogens is 1. The van der Waals surface area contributed by atoms with Gasteiger partial charge in [-0.1, -0.05) is 27.7 Å². The van der Waals surface area contributed by atoms with E-state index in [0.717, 1.165) is 12.0 Å². The highest BCUT2D eigenvalue weighted by molar-refractivity contribution is 6.74. The SMILES string of the molecule is C[C@@H]1C[C@H](c2ccncc2N)O[C@H](C)[C@H]1O[Si](C)(C)C(C)(C)C. The van der Waals surface area contributed by atoms with Crippen LogP contribution in [0.2, 0.25) is 18.1 Å². The van der Waals surface area contributed by atoms with E-state index < -0.39 is 8.32 Å². The Hall–Kier alpha value is -0.913. The minimum Gasteiger partial charge on any atom is -0.411 e. The fourth-order valence-corrected chi connectivity index (χ4v) is 4.42. The average Bonchev–Trinajstić information content (AvgIpc) is 2.42. The van der Waals surface area contributed by atoms with E-state index in [1.54, 1.807) is 12.4 Å². The molecule has 1 aliphatic rings. The summed E-state index contributed by atoms with van der Waals surface area (Å²) in [6, 6.07) is 1.97. The van der Waals surface area contributed by atoms with Crippen LogP contribution >= 0.6 is 0 Å². The third-order valence-electron chi connectivity index (χ3n) is 5.46. The van der Waals surface area contributed by atoms with Crippen LogP contribution in [0.3, 0.4) is 0 Å². The first-order valence-electron chi connectivity index (χ1n) is 8.55. The summed E-state index contributed by atoms with van der Waals surface area (Å²) < 4.78 is 12.9. The Morgan fingerprint density at radius 1 is 1.30 bits per heavy atom. The molecule has 4 atom stereocenters. The van der Waals surface area contributed by atoms with Crippen molar-refractivity contribution in [2.45, 2.75) is 77.5 Å². The Bertz CT molecular complexity index is 530. The van der Waals surface area contributed by atoms with Crippen LogP contribution in [0.25, 0.3) is 0 Å². The fourth-order valence-electron chi connectivity index (χ4n) is 2.97. The number of anilines is 1. The minimum absolute atomic E-state index is 0.0299. The summed E-state index contributed by atoms with van der Waals surface area (Å²) in [7, 11) is -1.80. The van der Waals surface area contributed by atoms with E-state index >= 15 is 0 Å². The first-order valence-corrected chi connectivity index (χ1v) is 11.5. The maximum Gasteiger partial charge on any atom is 0.192 e. The van der Waals surface area contributed by atoms with Gasteiger partial charge in [0.05, 0.1) is 30.2 Å². The lowest BCUT2D eigenvalue weighted by molar-refractivity contribution is -0.129. The van der Waals surface area contributed by atoms with Gasteiger partial charge in [-0.05, 0) is 43.5 Å². The van der Waals surface area contributed by atoms with E-state index in [4.69, 9.17) is 14.9 Å². The molecule has 1 aromatic heterocycles. The second-order valence-corrected chi connectivity index (χ2v) is 13.1. The maximum atomic E-state index is 6.65. The predicted octanol–water partition coefficient (Wildman–Crippen LogP) is 4.54. The van der Waals surface area contributed by atoms with Crippen molar-refractivity contribution in [3.8, 4) is 0 Å². The van der Waals surface area contributed by atoms with Crippen molar-refractivity contribution in [2.75, 3.05) is 5.73 Å². The molecule has 2 N–H and O–H groups in total. The molecule has 0 aliphatic carbocycles. The van der Waals surface area contributed by atoms with Crippen molar-refractivity contribution in [3.63, 3.8) is 0 Å². The Morgan fingerprint density at radius 2 is 1.96 bits per heavy atom. The minimum atomic E-state index is -1.80. The van der Waals surface area contributed by atoms with E-state index in [1.807, 2.05) is 6.07 Å². The number of nitrogen functional groups attached to an aromatic ring is 1. The van der Waals surface area contributed by atoms with Crippen LogP contribution in [0.1, 0.15) is 52.7 Å². The molecule has 0 unspecified atom stereocenters.